The molecule has 4 heterocycles. The van der Waals surface area contributed by atoms with E-state index >= 15 is 0 Å². The van der Waals surface area contributed by atoms with E-state index in [0.29, 0.717) is 0 Å². The van der Waals surface area contributed by atoms with Crippen LogP contribution in [0.25, 0.3) is 106 Å². The maximum atomic E-state index is 6.57. The van der Waals surface area contributed by atoms with Gasteiger partial charge in [-0.3, -0.25) is 0 Å². The Morgan fingerprint density at radius 1 is 0.397 bits per heavy atom. The number of para-hydroxylation sites is 3. The molecule has 0 amide bonds. The zero-order chi connectivity index (χ0) is 37.9. The molecule has 1 aliphatic carbocycles. The maximum Gasteiger partial charge on any atom is 0.135 e. The predicted molar refractivity (Wildman–Crippen MR) is 236 cm³/mol. The highest BCUT2D eigenvalue weighted by Gasteiger charge is 2.34. The Bertz CT molecular complexity index is 3620. The summed E-state index contributed by atoms with van der Waals surface area (Å²) in [4.78, 5) is 0. The van der Waals surface area contributed by atoms with E-state index < -0.39 is 0 Å². The first kappa shape index (κ1) is 31.6. The fourth-order valence-corrected chi connectivity index (χ4v) is 9.55. The molecular weight excluding hydrogens is 711 g/mol. The number of rotatable bonds is 4. The average Bonchev–Trinajstić information content (AvgIpc) is 4.03. The smallest absolute Gasteiger partial charge is 0.135 e. The summed E-state index contributed by atoms with van der Waals surface area (Å²) in [6.07, 6.45) is 4.41. The fourth-order valence-electron chi connectivity index (χ4n) is 9.55. The van der Waals surface area contributed by atoms with Crippen LogP contribution in [0, 0.1) is 0 Å². The molecule has 58 heavy (non-hydrogen) atoms. The van der Waals surface area contributed by atoms with Gasteiger partial charge in [0, 0.05) is 55.4 Å². The first-order valence-electron chi connectivity index (χ1n) is 19.9. The van der Waals surface area contributed by atoms with Crippen molar-refractivity contribution in [2.45, 2.75) is 12.0 Å². The molecule has 4 heteroatoms. The van der Waals surface area contributed by atoms with E-state index in [1.54, 1.807) is 0 Å². The highest BCUT2D eigenvalue weighted by atomic mass is 16.5. The number of hydrogen-bond acceptors (Lipinski definition) is 3. The normalized spacial score (nSPS) is 15.7. The number of hydrogen-bond donors (Lipinski definition) is 0. The van der Waals surface area contributed by atoms with Gasteiger partial charge in [-0.2, -0.15) is 0 Å². The summed E-state index contributed by atoms with van der Waals surface area (Å²) in [5.74, 6) is 1.01. The molecule has 0 spiro atoms. The highest BCUT2D eigenvalue weighted by Crippen LogP contribution is 2.44. The summed E-state index contributed by atoms with van der Waals surface area (Å²) in [7, 11) is 0. The standard InChI is InChI=1S/C54H33NO3/c1-2-11-38(12-3-1)55-47-15-6-4-13-39(47)41-26-34(17-21-48(41)55)37-20-24-52-44(29-37)46-30-45-43-28-36(19-23-51(43)57-53(45)31-54(46)58-52)33-10-8-9-32(25-33)35-18-22-50-42(27-35)40-14-5-7-16-49(40)56-50/h1-31,46,54H. The Balaban J connectivity index is 0.874. The number of ether oxygens (including phenoxy) is 1. The van der Waals surface area contributed by atoms with Crippen molar-refractivity contribution in [2.75, 3.05) is 0 Å². The van der Waals surface area contributed by atoms with Crippen molar-refractivity contribution in [2.24, 2.45) is 0 Å². The Kier molecular flexibility index (Phi) is 6.53. The molecule has 0 N–H and O–H groups in total. The Hall–Kier alpha value is -7.56. The van der Waals surface area contributed by atoms with E-state index in [0.717, 1.165) is 71.7 Å². The third-order valence-corrected chi connectivity index (χ3v) is 12.3. The van der Waals surface area contributed by atoms with E-state index in [-0.39, 0.29) is 12.0 Å². The summed E-state index contributed by atoms with van der Waals surface area (Å²) in [6, 6.07) is 62.9. The third kappa shape index (κ3) is 4.69. The first-order valence-corrected chi connectivity index (χ1v) is 19.9. The van der Waals surface area contributed by atoms with Gasteiger partial charge in [0.1, 0.15) is 34.0 Å². The maximum absolute atomic E-state index is 6.57. The van der Waals surface area contributed by atoms with Crippen LogP contribution in [0.1, 0.15) is 11.5 Å². The predicted octanol–water partition coefficient (Wildman–Crippen LogP) is 12.5. The van der Waals surface area contributed by atoms with E-state index in [2.05, 4.69) is 181 Å². The van der Waals surface area contributed by atoms with Gasteiger partial charge in [0.2, 0.25) is 0 Å². The second kappa shape index (κ2) is 12.0. The summed E-state index contributed by atoms with van der Waals surface area (Å²) in [6.45, 7) is 0. The van der Waals surface area contributed by atoms with Crippen molar-refractivity contribution in [3.8, 4) is 44.8 Å². The second-order valence-corrected chi connectivity index (χ2v) is 15.6. The van der Waals surface area contributed by atoms with Crippen LogP contribution in [-0.4, -0.2) is 10.7 Å². The van der Waals surface area contributed by atoms with Crippen LogP contribution in [0.2, 0.25) is 0 Å². The van der Waals surface area contributed by atoms with Gasteiger partial charge in [0.25, 0.3) is 0 Å². The van der Waals surface area contributed by atoms with Gasteiger partial charge in [0.05, 0.1) is 11.0 Å². The van der Waals surface area contributed by atoms with Crippen LogP contribution < -0.4 is 15.4 Å². The SMILES string of the molecule is C1=c2oc3ccc(-c4cccc(-c5ccc6oc7ccccc7c6c5)c4)cc3c2=CC2c3cc(-c4ccc5c(c4)c4ccccc4n5-c4ccccc4)ccc3OC12. The Morgan fingerprint density at radius 3 is 1.86 bits per heavy atom. The second-order valence-electron chi connectivity index (χ2n) is 15.6. The molecule has 13 rings (SSSR count). The van der Waals surface area contributed by atoms with E-state index in [9.17, 15) is 0 Å². The number of nitrogens with zero attached hydrogens (tertiary/aromatic N) is 1. The quantitative estimate of drug-likeness (QED) is 0.180. The number of fused-ring (bicyclic) bond motifs is 12. The van der Waals surface area contributed by atoms with Crippen molar-refractivity contribution >= 4 is 66.9 Å². The van der Waals surface area contributed by atoms with Gasteiger partial charge in [-0.15, -0.1) is 0 Å². The van der Waals surface area contributed by atoms with Crippen LogP contribution in [-0.2, 0) is 0 Å². The minimum Gasteiger partial charge on any atom is -0.485 e. The van der Waals surface area contributed by atoms with Gasteiger partial charge >= 0.3 is 0 Å². The molecule has 1 aliphatic heterocycles. The number of aromatic nitrogens is 1. The van der Waals surface area contributed by atoms with Crippen molar-refractivity contribution < 1.29 is 13.6 Å². The lowest BCUT2D eigenvalue weighted by atomic mass is 9.89. The fraction of sp³-hybridized carbons (Fsp3) is 0.0370. The summed E-state index contributed by atoms with van der Waals surface area (Å²) in [5.41, 5.74) is 15.4. The highest BCUT2D eigenvalue weighted by molar-refractivity contribution is 6.10. The van der Waals surface area contributed by atoms with Gasteiger partial charge in [-0.1, -0.05) is 103 Å². The molecule has 11 aromatic rings. The zero-order valence-electron chi connectivity index (χ0n) is 31.2. The molecule has 0 saturated carbocycles. The van der Waals surface area contributed by atoms with Gasteiger partial charge in [-0.25, -0.2) is 0 Å². The number of furan rings is 2. The van der Waals surface area contributed by atoms with Crippen LogP contribution in [0.5, 0.6) is 5.75 Å². The van der Waals surface area contributed by atoms with E-state index in [1.165, 1.54) is 44.1 Å². The molecule has 2 atom stereocenters. The summed E-state index contributed by atoms with van der Waals surface area (Å²) >= 11 is 0. The Morgan fingerprint density at radius 2 is 1.02 bits per heavy atom. The molecule has 8 aromatic carbocycles. The van der Waals surface area contributed by atoms with Crippen LogP contribution in [0.4, 0.5) is 0 Å². The third-order valence-electron chi connectivity index (χ3n) is 12.3. The number of benzene rings is 8. The molecule has 3 aromatic heterocycles. The van der Waals surface area contributed by atoms with Gasteiger partial charge < -0.3 is 18.1 Å². The zero-order valence-corrected chi connectivity index (χ0v) is 31.2. The molecule has 4 nitrogen and oxygen atoms in total. The lowest BCUT2D eigenvalue weighted by Crippen LogP contribution is -2.32. The molecule has 2 aliphatic rings. The molecule has 0 fully saturated rings. The van der Waals surface area contributed by atoms with E-state index in [4.69, 9.17) is 13.6 Å². The van der Waals surface area contributed by atoms with E-state index in [1.807, 2.05) is 12.1 Å². The van der Waals surface area contributed by atoms with Crippen LogP contribution in [0.15, 0.2) is 185 Å². The van der Waals surface area contributed by atoms with Crippen molar-refractivity contribution in [1.82, 2.24) is 4.57 Å². The lowest BCUT2D eigenvalue weighted by Gasteiger charge is -2.14. The molecule has 0 radical (unpaired) electrons. The largest absolute Gasteiger partial charge is 0.485 e. The first-order chi connectivity index (χ1) is 28.7. The summed E-state index contributed by atoms with van der Waals surface area (Å²) < 4.78 is 21.5. The van der Waals surface area contributed by atoms with Crippen LogP contribution in [0.3, 0.4) is 0 Å². The van der Waals surface area contributed by atoms with Crippen molar-refractivity contribution in [1.29, 1.82) is 0 Å². The molecule has 2 unspecified atom stereocenters. The molecular formula is C54H33NO3. The van der Waals surface area contributed by atoms with Gasteiger partial charge in [-0.05, 0) is 112 Å². The summed E-state index contributed by atoms with van der Waals surface area (Å²) in [5, 5.41) is 7.00. The molecule has 0 bridgehead atoms. The monoisotopic (exact) mass is 743 g/mol. The van der Waals surface area contributed by atoms with Crippen molar-refractivity contribution in [3.05, 3.63) is 192 Å². The molecule has 0 saturated heterocycles. The average molecular weight is 744 g/mol. The van der Waals surface area contributed by atoms with Crippen LogP contribution >= 0.6 is 0 Å². The lowest BCUT2D eigenvalue weighted by molar-refractivity contribution is 0.286. The topological polar surface area (TPSA) is 40.4 Å². The van der Waals surface area contributed by atoms with Gasteiger partial charge in [0.15, 0.2) is 0 Å². The van der Waals surface area contributed by atoms with Crippen molar-refractivity contribution in [3.63, 3.8) is 0 Å². The molecule has 272 valence electrons. The Labute approximate surface area is 332 Å². The minimum atomic E-state index is -0.120. The minimum absolute atomic E-state index is 0.0767.